The number of carboxylic acids is 1. The van der Waals surface area contributed by atoms with Crippen LogP contribution in [0.15, 0.2) is 22.8 Å². The molecule has 0 spiro atoms. The van der Waals surface area contributed by atoms with Crippen molar-refractivity contribution in [1.82, 2.24) is 10.2 Å². The molecule has 2 amide bonds. The fourth-order valence-corrected chi connectivity index (χ4v) is 1.61. The van der Waals surface area contributed by atoms with Crippen molar-refractivity contribution in [3.8, 4) is 0 Å². The summed E-state index contributed by atoms with van der Waals surface area (Å²) < 4.78 is 5.02. The Kier molecular flexibility index (Phi) is 5.76. The third-order valence-corrected chi connectivity index (χ3v) is 2.69. The van der Waals surface area contributed by atoms with Crippen LogP contribution in [-0.2, 0) is 9.59 Å². The highest BCUT2D eigenvalue weighted by Gasteiger charge is 2.23. The third kappa shape index (κ3) is 4.75. The molecule has 1 rings (SSSR count). The molecule has 1 aromatic heterocycles. The summed E-state index contributed by atoms with van der Waals surface area (Å²) in [5, 5.41) is 11.5. The second kappa shape index (κ2) is 7.32. The van der Waals surface area contributed by atoms with E-state index in [0.29, 0.717) is 0 Å². The lowest BCUT2D eigenvalue weighted by Crippen LogP contribution is -2.41. The molecule has 0 saturated carbocycles. The van der Waals surface area contributed by atoms with Crippen LogP contribution < -0.4 is 5.32 Å². The minimum absolute atomic E-state index is 0.0501. The summed E-state index contributed by atoms with van der Waals surface area (Å²) in [5.41, 5.74) is 0. The maximum atomic E-state index is 12.2. The Morgan fingerprint density at radius 2 is 2.15 bits per heavy atom. The average Bonchev–Trinajstić information content (AvgIpc) is 2.89. The van der Waals surface area contributed by atoms with E-state index in [9.17, 15) is 14.4 Å². The van der Waals surface area contributed by atoms with Crippen LogP contribution in [-0.4, -0.2) is 47.4 Å². The highest BCUT2D eigenvalue weighted by molar-refractivity contribution is 5.91. The van der Waals surface area contributed by atoms with E-state index in [0.717, 1.165) is 0 Å². The zero-order valence-electron chi connectivity index (χ0n) is 11.5. The number of hydrogen-bond acceptors (Lipinski definition) is 4. The van der Waals surface area contributed by atoms with Gasteiger partial charge in [-0.3, -0.25) is 14.4 Å². The molecule has 0 bridgehead atoms. The van der Waals surface area contributed by atoms with Crippen molar-refractivity contribution in [2.24, 2.45) is 5.92 Å². The average molecular weight is 282 g/mol. The van der Waals surface area contributed by atoms with Crippen molar-refractivity contribution in [3.63, 3.8) is 0 Å². The monoisotopic (exact) mass is 282 g/mol. The van der Waals surface area contributed by atoms with Gasteiger partial charge in [0, 0.05) is 26.6 Å². The molecule has 0 fully saturated rings. The zero-order chi connectivity index (χ0) is 15.1. The first kappa shape index (κ1) is 15.7. The number of carbonyl (C=O) groups excluding carboxylic acids is 2. The van der Waals surface area contributed by atoms with Gasteiger partial charge in [-0.25, -0.2) is 0 Å². The van der Waals surface area contributed by atoms with Crippen LogP contribution in [0.1, 0.15) is 24.4 Å². The van der Waals surface area contributed by atoms with Gasteiger partial charge in [0.15, 0.2) is 5.76 Å². The first-order chi connectivity index (χ1) is 9.41. The number of amides is 2. The van der Waals surface area contributed by atoms with Crippen LogP contribution in [0.5, 0.6) is 0 Å². The van der Waals surface area contributed by atoms with Crippen LogP contribution in [0.2, 0.25) is 0 Å². The summed E-state index contributed by atoms with van der Waals surface area (Å²) in [4.78, 5) is 35.2. The maximum absolute atomic E-state index is 12.2. The molecule has 0 aliphatic rings. The van der Waals surface area contributed by atoms with Crippen LogP contribution in [0, 0.1) is 5.92 Å². The van der Waals surface area contributed by atoms with E-state index >= 15 is 0 Å². The molecular weight excluding hydrogens is 264 g/mol. The summed E-state index contributed by atoms with van der Waals surface area (Å²) in [5.74, 6) is -2.14. The van der Waals surface area contributed by atoms with Crippen molar-refractivity contribution < 1.29 is 23.9 Å². The van der Waals surface area contributed by atoms with Gasteiger partial charge in [-0.15, -0.1) is 0 Å². The molecule has 2 N–H and O–H groups in total. The normalized spacial score (nSPS) is 11.7. The number of carboxylic acid groups (broad SMARTS) is 1. The fourth-order valence-electron chi connectivity index (χ4n) is 1.61. The molecule has 0 aliphatic heterocycles. The molecule has 20 heavy (non-hydrogen) atoms. The third-order valence-electron chi connectivity index (χ3n) is 2.69. The first-order valence-electron chi connectivity index (χ1n) is 6.22. The predicted molar refractivity (Wildman–Crippen MR) is 70.1 cm³/mol. The van der Waals surface area contributed by atoms with Crippen LogP contribution in [0.25, 0.3) is 0 Å². The van der Waals surface area contributed by atoms with E-state index in [1.165, 1.54) is 31.1 Å². The number of aliphatic carboxylic acids is 1. The van der Waals surface area contributed by atoms with Crippen molar-refractivity contribution >= 4 is 17.8 Å². The lowest BCUT2D eigenvalue weighted by Gasteiger charge is -2.23. The molecule has 0 aromatic carbocycles. The Labute approximate surface area is 116 Å². The van der Waals surface area contributed by atoms with Gasteiger partial charge in [0.2, 0.25) is 5.91 Å². The van der Waals surface area contributed by atoms with Gasteiger partial charge in [0.25, 0.3) is 5.91 Å². The van der Waals surface area contributed by atoms with Gasteiger partial charge in [-0.05, 0) is 12.1 Å². The van der Waals surface area contributed by atoms with E-state index in [4.69, 9.17) is 9.52 Å². The molecule has 7 nitrogen and oxygen atoms in total. The highest BCUT2D eigenvalue weighted by atomic mass is 16.4. The quantitative estimate of drug-likeness (QED) is 0.762. The Balaban J connectivity index is 2.70. The van der Waals surface area contributed by atoms with E-state index in [1.54, 1.807) is 6.07 Å². The maximum Gasteiger partial charge on any atom is 0.308 e. The molecule has 1 aromatic rings. The topological polar surface area (TPSA) is 99.9 Å². The van der Waals surface area contributed by atoms with Crippen LogP contribution in [0.4, 0.5) is 0 Å². The minimum Gasteiger partial charge on any atom is -0.481 e. The highest BCUT2D eigenvalue weighted by Crippen LogP contribution is 2.08. The SMILES string of the molecule is CC(=O)NCCN(CC(C)C(=O)O)C(=O)c1ccco1. The second-order valence-corrected chi connectivity index (χ2v) is 4.45. The molecule has 1 heterocycles. The smallest absolute Gasteiger partial charge is 0.308 e. The van der Waals surface area contributed by atoms with Crippen LogP contribution in [0.3, 0.4) is 0 Å². The van der Waals surface area contributed by atoms with Gasteiger partial charge in [0.1, 0.15) is 0 Å². The molecule has 0 saturated heterocycles. The van der Waals surface area contributed by atoms with Gasteiger partial charge < -0.3 is 19.7 Å². The summed E-state index contributed by atoms with van der Waals surface area (Å²) in [7, 11) is 0. The van der Waals surface area contributed by atoms with E-state index in [-0.39, 0.29) is 31.3 Å². The van der Waals surface area contributed by atoms with Crippen molar-refractivity contribution in [1.29, 1.82) is 0 Å². The van der Waals surface area contributed by atoms with Gasteiger partial charge in [-0.2, -0.15) is 0 Å². The van der Waals surface area contributed by atoms with E-state index in [1.807, 2.05) is 0 Å². The molecule has 0 radical (unpaired) electrons. The number of carbonyl (C=O) groups is 3. The number of nitrogens with one attached hydrogen (secondary N) is 1. The van der Waals surface area contributed by atoms with Gasteiger partial charge in [0.05, 0.1) is 12.2 Å². The second-order valence-electron chi connectivity index (χ2n) is 4.45. The molecule has 110 valence electrons. The lowest BCUT2D eigenvalue weighted by molar-refractivity contribution is -0.141. The molecule has 1 unspecified atom stereocenters. The molecule has 1 atom stereocenters. The number of nitrogens with zero attached hydrogens (tertiary/aromatic N) is 1. The number of furan rings is 1. The van der Waals surface area contributed by atoms with Crippen molar-refractivity contribution in [2.75, 3.05) is 19.6 Å². The lowest BCUT2D eigenvalue weighted by atomic mass is 10.1. The summed E-state index contributed by atoms with van der Waals surface area (Å²) in [6.07, 6.45) is 1.37. The standard InChI is InChI=1S/C13H18N2O5/c1-9(13(18)19)8-15(6-5-14-10(2)16)12(17)11-4-3-7-20-11/h3-4,7,9H,5-6,8H2,1-2H3,(H,14,16)(H,18,19). The van der Waals surface area contributed by atoms with Crippen molar-refractivity contribution in [2.45, 2.75) is 13.8 Å². The molecule has 0 aliphatic carbocycles. The Bertz CT molecular complexity index is 469. The van der Waals surface area contributed by atoms with Crippen LogP contribution >= 0.6 is 0 Å². The Hall–Kier alpha value is -2.31. The van der Waals surface area contributed by atoms with Crippen molar-refractivity contribution in [3.05, 3.63) is 24.2 Å². The zero-order valence-corrected chi connectivity index (χ0v) is 11.5. The first-order valence-corrected chi connectivity index (χ1v) is 6.22. The van der Waals surface area contributed by atoms with E-state index in [2.05, 4.69) is 5.32 Å². The minimum atomic E-state index is -0.984. The summed E-state index contributed by atoms with van der Waals surface area (Å²) >= 11 is 0. The molecular formula is C13H18N2O5. The number of rotatable bonds is 7. The Morgan fingerprint density at radius 1 is 1.45 bits per heavy atom. The predicted octanol–water partition coefficient (Wildman–Crippen LogP) is 0.579. The van der Waals surface area contributed by atoms with E-state index < -0.39 is 17.8 Å². The number of hydrogen-bond donors (Lipinski definition) is 2. The fraction of sp³-hybridized carbons (Fsp3) is 0.462. The van der Waals surface area contributed by atoms with Gasteiger partial charge in [-0.1, -0.05) is 6.92 Å². The summed E-state index contributed by atoms with van der Waals surface area (Å²) in [6, 6.07) is 3.10. The summed E-state index contributed by atoms with van der Waals surface area (Å²) in [6.45, 7) is 3.42. The largest absolute Gasteiger partial charge is 0.481 e. The molecule has 7 heteroatoms. The Morgan fingerprint density at radius 3 is 2.65 bits per heavy atom. The van der Waals surface area contributed by atoms with Gasteiger partial charge >= 0.3 is 5.97 Å².